The van der Waals surface area contributed by atoms with Crippen LogP contribution in [-0.2, 0) is 11.8 Å². The van der Waals surface area contributed by atoms with Gasteiger partial charge in [0.1, 0.15) is 22.0 Å². The molecule has 1 fully saturated rings. The lowest BCUT2D eigenvalue weighted by atomic mass is 9.82. The first-order valence-electron chi connectivity index (χ1n) is 12.4. The SMILES string of the molecule is Cc1cc(Nc2nccc(C(F)(F)F)n2)cc(-c2cnc([C@]3(O)CC[C@@H](NC(=O)c4cccc(O)n4)CC3)s2)c1. The lowest BCUT2D eigenvalue weighted by Gasteiger charge is -2.34. The number of aliphatic hydroxyl groups is 1. The van der Waals surface area contributed by atoms with Crippen LogP contribution in [0.2, 0.25) is 0 Å². The molecule has 0 saturated heterocycles. The Morgan fingerprint density at radius 1 is 1.10 bits per heavy atom. The quantitative estimate of drug-likeness (QED) is 0.245. The van der Waals surface area contributed by atoms with Crippen LogP contribution in [0.15, 0.2) is 54.9 Å². The Labute approximate surface area is 231 Å². The van der Waals surface area contributed by atoms with Crippen LogP contribution in [0.25, 0.3) is 10.4 Å². The van der Waals surface area contributed by atoms with Crippen molar-refractivity contribution in [3.8, 4) is 16.3 Å². The topological polar surface area (TPSA) is 133 Å². The Bertz CT molecular complexity index is 1540. The summed E-state index contributed by atoms with van der Waals surface area (Å²) in [5.41, 5.74) is 0.0880. The third-order valence-electron chi connectivity index (χ3n) is 6.58. The van der Waals surface area contributed by atoms with Gasteiger partial charge in [-0.1, -0.05) is 12.1 Å². The van der Waals surface area contributed by atoms with Crippen LogP contribution >= 0.6 is 11.3 Å². The molecule has 1 amide bonds. The van der Waals surface area contributed by atoms with Gasteiger partial charge in [-0.25, -0.2) is 19.9 Å². The normalized spacial score (nSPS) is 19.3. The van der Waals surface area contributed by atoms with Crippen LogP contribution in [-0.4, -0.2) is 42.1 Å². The molecule has 1 aromatic carbocycles. The van der Waals surface area contributed by atoms with Gasteiger partial charge in [0.2, 0.25) is 11.8 Å². The van der Waals surface area contributed by atoms with Crippen LogP contribution in [0.5, 0.6) is 5.88 Å². The van der Waals surface area contributed by atoms with Crippen LogP contribution in [0.3, 0.4) is 0 Å². The number of carbonyl (C=O) groups is 1. The number of hydrogen-bond donors (Lipinski definition) is 4. The molecule has 0 aliphatic heterocycles. The predicted octanol–water partition coefficient (Wildman–Crippen LogP) is 5.33. The van der Waals surface area contributed by atoms with E-state index in [-0.39, 0.29) is 29.5 Å². The Morgan fingerprint density at radius 3 is 2.60 bits per heavy atom. The number of halogens is 3. The lowest BCUT2D eigenvalue weighted by Crippen LogP contribution is -2.42. The number of aryl methyl sites for hydroxylation is 1. The van der Waals surface area contributed by atoms with E-state index in [1.54, 1.807) is 24.4 Å². The second-order valence-corrected chi connectivity index (χ2v) is 10.7. The van der Waals surface area contributed by atoms with E-state index in [1.165, 1.54) is 23.5 Å². The molecule has 0 bridgehead atoms. The van der Waals surface area contributed by atoms with Crippen molar-refractivity contribution in [2.45, 2.75) is 50.4 Å². The fourth-order valence-corrected chi connectivity index (χ4v) is 5.64. The highest BCUT2D eigenvalue weighted by atomic mass is 32.1. The first-order chi connectivity index (χ1) is 19.0. The maximum absolute atomic E-state index is 13.0. The summed E-state index contributed by atoms with van der Waals surface area (Å²) in [4.78, 5) is 29.0. The summed E-state index contributed by atoms with van der Waals surface area (Å²) in [6, 6.07) is 10.6. The molecule has 9 nitrogen and oxygen atoms in total. The van der Waals surface area contributed by atoms with Crippen molar-refractivity contribution in [1.82, 2.24) is 25.3 Å². The molecule has 4 aromatic rings. The molecule has 5 rings (SSSR count). The molecule has 40 heavy (non-hydrogen) atoms. The van der Waals surface area contributed by atoms with Crippen LogP contribution in [0, 0.1) is 6.92 Å². The van der Waals surface area contributed by atoms with Crippen LogP contribution in [0.4, 0.5) is 24.8 Å². The maximum Gasteiger partial charge on any atom is 0.433 e. The number of rotatable bonds is 6. The molecular formula is C27H25F3N6O3S. The smallest absolute Gasteiger partial charge is 0.433 e. The fraction of sp³-hybridized carbons (Fsp3) is 0.296. The van der Waals surface area contributed by atoms with Gasteiger partial charge < -0.3 is 20.8 Å². The van der Waals surface area contributed by atoms with Crippen LogP contribution in [0.1, 0.15) is 52.4 Å². The summed E-state index contributed by atoms with van der Waals surface area (Å²) < 4.78 is 39.1. The number of amides is 1. The van der Waals surface area contributed by atoms with E-state index in [0.717, 1.165) is 28.3 Å². The molecule has 1 saturated carbocycles. The van der Waals surface area contributed by atoms with Gasteiger partial charge in [0.25, 0.3) is 5.91 Å². The Morgan fingerprint density at radius 2 is 1.88 bits per heavy atom. The standard InChI is InChI=1S/C27H25F3N6O3S/c1-15-11-16(13-18(12-15)34-25-31-10-7-21(36-25)27(28,29)30)20-14-32-24(40-20)26(39)8-5-17(6-9-26)33-23(38)19-3-2-4-22(37)35-19/h2-4,7,10-14,17,39H,5-6,8-9H2,1H3,(H,33,38)(H,35,37)(H,31,34,36)/t17-,26+. The van der Waals surface area contributed by atoms with Gasteiger partial charge in [-0.2, -0.15) is 13.2 Å². The number of aromatic hydroxyl groups is 1. The third-order valence-corrected chi connectivity index (χ3v) is 7.82. The maximum atomic E-state index is 13.0. The highest BCUT2D eigenvalue weighted by molar-refractivity contribution is 7.15. The average Bonchev–Trinajstić information content (AvgIpc) is 3.41. The minimum absolute atomic E-state index is 0.122. The second-order valence-electron chi connectivity index (χ2n) is 9.67. The molecule has 0 unspecified atom stereocenters. The Hall–Kier alpha value is -4.10. The summed E-state index contributed by atoms with van der Waals surface area (Å²) in [6.07, 6.45) is -0.00770. The van der Waals surface area contributed by atoms with E-state index in [0.29, 0.717) is 36.4 Å². The largest absolute Gasteiger partial charge is 0.493 e. The summed E-state index contributed by atoms with van der Waals surface area (Å²) in [6.45, 7) is 1.86. The van der Waals surface area contributed by atoms with E-state index in [1.807, 2.05) is 13.0 Å². The molecule has 13 heteroatoms. The number of pyridine rings is 1. The molecule has 208 valence electrons. The van der Waals surface area contributed by atoms with E-state index >= 15 is 0 Å². The van der Waals surface area contributed by atoms with Gasteiger partial charge in [0.05, 0.1) is 4.88 Å². The molecule has 0 atom stereocenters. The molecule has 1 aliphatic carbocycles. The summed E-state index contributed by atoms with van der Waals surface area (Å²) in [7, 11) is 0. The zero-order chi connectivity index (χ0) is 28.5. The summed E-state index contributed by atoms with van der Waals surface area (Å²) in [5, 5.41) is 27.2. The van der Waals surface area contributed by atoms with E-state index < -0.39 is 17.5 Å². The monoisotopic (exact) mass is 570 g/mol. The van der Waals surface area contributed by atoms with Crippen LogP contribution < -0.4 is 10.6 Å². The number of aromatic nitrogens is 4. The number of carbonyl (C=O) groups excluding carboxylic acids is 1. The van der Waals surface area contributed by atoms with Crippen molar-refractivity contribution in [3.05, 3.63) is 76.8 Å². The van der Waals surface area contributed by atoms with Crippen molar-refractivity contribution >= 4 is 28.9 Å². The fourth-order valence-electron chi connectivity index (χ4n) is 4.59. The molecule has 3 heterocycles. The number of anilines is 2. The molecule has 0 spiro atoms. The van der Waals surface area contributed by atoms with Crippen molar-refractivity contribution in [2.24, 2.45) is 0 Å². The van der Waals surface area contributed by atoms with E-state index in [2.05, 4.69) is 30.6 Å². The van der Waals surface area contributed by atoms with Crippen molar-refractivity contribution in [1.29, 1.82) is 0 Å². The summed E-state index contributed by atoms with van der Waals surface area (Å²) >= 11 is 1.34. The highest BCUT2D eigenvalue weighted by Crippen LogP contribution is 2.41. The molecular weight excluding hydrogens is 545 g/mol. The number of alkyl halides is 3. The molecule has 4 N–H and O–H groups in total. The van der Waals surface area contributed by atoms with Gasteiger partial charge in [0.15, 0.2) is 0 Å². The van der Waals surface area contributed by atoms with E-state index in [4.69, 9.17) is 0 Å². The van der Waals surface area contributed by atoms with Crippen molar-refractivity contribution < 1.29 is 28.2 Å². The average molecular weight is 571 g/mol. The zero-order valence-corrected chi connectivity index (χ0v) is 22.1. The first kappa shape index (κ1) is 27.5. The molecule has 0 radical (unpaired) electrons. The minimum atomic E-state index is -4.58. The molecule has 3 aromatic heterocycles. The number of nitrogens with zero attached hydrogens (tertiary/aromatic N) is 4. The van der Waals surface area contributed by atoms with Crippen molar-refractivity contribution in [2.75, 3.05) is 5.32 Å². The number of hydrogen-bond acceptors (Lipinski definition) is 9. The zero-order valence-electron chi connectivity index (χ0n) is 21.2. The van der Waals surface area contributed by atoms with Gasteiger partial charge in [0, 0.05) is 30.2 Å². The number of thiazole rings is 1. The van der Waals surface area contributed by atoms with Gasteiger partial charge in [-0.05, 0) is 68.0 Å². The first-order valence-corrected chi connectivity index (χ1v) is 13.3. The number of benzene rings is 1. The third kappa shape index (κ3) is 6.20. The van der Waals surface area contributed by atoms with Crippen molar-refractivity contribution in [3.63, 3.8) is 0 Å². The van der Waals surface area contributed by atoms with E-state index in [9.17, 15) is 28.2 Å². The highest BCUT2D eigenvalue weighted by Gasteiger charge is 2.38. The lowest BCUT2D eigenvalue weighted by molar-refractivity contribution is -0.141. The Kier molecular flexibility index (Phi) is 7.43. The minimum Gasteiger partial charge on any atom is -0.493 e. The predicted molar refractivity (Wildman–Crippen MR) is 142 cm³/mol. The second kappa shape index (κ2) is 10.8. The summed E-state index contributed by atoms with van der Waals surface area (Å²) in [5.74, 6) is -0.789. The molecule has 1 aliphatic rings. The Balaban J connectivity index is 1.26. The van der Waals surface area contributed by atoms with Gasteiger partial charge >= 0.3 is 6.18 Å². The van der Waals surface area contributed by atoms with Gasteiger partial charge in [-0.3, -0.25) is 4.79 Å². The number of nitrogens with one attached hydrogen (secondary N) is 2. The van der Waals surface area contributed by atoms with Gasteiger partial charge in [-0.15, -0.1) is 11.3 Å².